The van der Waals surface area contributed by atoms with Gasteiger partial charge in [-0.05, 0) is 13.0 Å². The fourth-order valence-corrected chi connectivity index (χ4v) is 2.82. The molecule has 0 unspecified atom stereocenters. The van der Waals surface area contributed by atoms with Crippen LogP contribution in [-0.2, 0) is 11.6 Å². The van der Waals surface area contributed by atoms with Gasteiger partial charge in [-0.15, -0.1) is 11.6 Å². The second-order valence-electron chi connectivity index (χ2n) is 7.81. The number of anilines is 1. The molecule has 1 aliphatic heterocycles. The summed E-state index contributed by atoms with van der Waals surface area (Å²) in [5, 5.41) is 0. The van der Waals surface area contributed by atoms with E-state index >= 15 is 0 Å². The Balaban J connectivity index is 0.00000364. The minimum Gasteiger partial charge on any atom is -1.00 e. The summed E-state index contributed by atoms with van der Waals surface area (Å²) in [6.07, 6.45) is -2.35. The molecule has 9 heteroatoms. The Morgan fingerprint density at radius 3 is 2.30 bits per heavy atom. The first-order valence-corrected chi connectivity index (χ1v) is 9.31. The normalized spacial score (nSPS) is 17.0. The molecule has 1 aromatic heterocycles. The van der Waals surface area contributed by atoms with Crippen molar-refractivity contribution in [2.45, 2.75) is 39.3 Å². The minimum absolute atomic E-state index is 0. The molecule has 0 bridgehead atoms. The van der Waals surface area contributed by atoms with Gasteiger partial charge in [-0.1, -0.05) is 26.3 Å². The lowest BCUT2D eigenvalue weighted by Gasteiger charge is -2.33. The number of nitrogens with one attached hydrogen (secondary N) is 1. The summed E-state index contributed by atoms with van der Waals surface area (Å²) in [6, 6.07) is 1.07. The lowest BCUT2D eigenvalue weighted by atomic mass is 9.95. The first-order valence-electron chi connectivity index (χ1n) is 8.77. The van der Waals surface area contributed by atoms with Crippen molar-refractivity contribution >= 4 is 17.4 Å². The predicted molar refractivity (Wildman–Crippen MR) is 98.0 cm³/mol. The Bertz CT molecular complexity index is 617. The highest BCUT2D eigenvalue weighted by atomic mass is 35.5. The summed E-state index contributed by atoms with van der Waals surface area (Å²) in [6.45, 7) is 11.4. The third-order valence-corrected chi connectivity index (χ3v) is 4.84. The van der Waals surface area contributed by atoms with E-state index < -0.39 is 17.3 Å². The predicted octanol–water partition coefficient (Wildman–Crippen LogP) is -0.313. The standard InChI is InChI=1S/C18H26ClF3N4.ClH/c1-13(12-19)5-6-25-7-9-26(10-8-25)15-11-14(18(20,21)22)23-16(24-15)17(2,3)4;/h5,11H,6-10,12H2,1-4H3;1H. The van der Waals surface area contributed by atoms with Gasteiger partial charge in [-0.3, -0.25) is 0 Å². The van der Waals surface area contributed by atoms with Gasteiger partial charge in [-0.2, -0.15) is 13.2 Å². The molecule has 0 amide bonds. The zero-order chi connectivity index (χ0) is 19.5. The largest absolute Gasteiger partial charge is 1.00 e. The van der Waals surface area contributed by atoms with Crippen LogP contribution in [0.5, 0.6) is 0 Å². The topological polar surface area (TPSA) is 33.5 Å². The van der Waals surface area contributed by atoms with Crippen LogP contribution in [-0.4, -0.2) is 48.6 Å². The van der Waals surface area contributed by atoms with Crippen LogP contribution in [0.2, 0.25) is 0 Å². The van der Waals surface area contributed by atoms with Crippen molar-refractivity contribution in [3.63, 3.8) is 0 Å². The van der Waals surface area contributed by atoms with Crippen molar-refractivity contribution in [3.05, 3.63) is 29.2 Å². The zero-order valence-electron chi connectivity index (χ0n) is 16.1. The Hall–Kier alpha value is -1.05. The molecule has 0 radical (unpaired) electrons. The Kier molecular flexibility index (Phi) is 8.38. The molecule has 0 saturated carbocycles. The number of quaternary nitrogens is 1. The summed E-state index contributed by atoms with van der Waals surface area (Å²) < 4.78 is 39.7. The van der Waals surface area contributed by atoms with Crippen LogP contribution in [0.15, 0.2) is 17.7 Å². The minimum atomic E-state index is -4.48. The molecular formula is C18H27Cl2F3N4. The van der Waals surface area contributed by atoms with Crippen LogP contribution >= 0.6 is 11.6 Å². The second kappa shape index (κ2) is 9.43. The van der Waals surface area contributed by atoms with E-state index in [0.29, 0.717) is 24.8 Å². The Morgan fingerprint density at radius 2 is 1.81 bits per heavy atom. The SMILES string of the molecule is CC(=CC[NH+]1CCN(c2cc(C(F)(F)F)nc(C(C)(C)C)n2)CC1)CCl.[Cl-]. The number of halogens is 5. The fraction of sp³-hybridized carbons (Fsp3) is 0.667. The van der Waals surface area contributed by atoms with E-state index in [1.807, 2.05) is 32.6 Å². The quantitative estimate of drug-likeness (QED) is 0.529. The number of nitrogens with zero attached hydrogens (tertiary/aromatic N) is 3. The molecule has 0 aromatic carbocycles. The van der Waals surface area contributed by atoms with E-state index in [4.69, 9.17) is 11.6 Å². The summed E-state index contributed by atoms with van der Waals surface area (Å²) >= 11 is 5.78. The second-order valence-corrected chi connectivity index (χ2v) is 8.08. The van der Waals surface area contributed by atoms with Crippen molar-refractivity contribution in [2.24, 2.45) is 0 Å². The molecule has 27 heavy (non-hydrogen) atoms. The van der Waals surface area contributed by atoms with Gasteiger partial charge in [0, 0.05) is 17.4 Å². The molecule has 0 atom stereocenters. The number of aromatic nitrogens is 2. The molecule has 1 saturated heterocycles. The van der Waals surface area contributed by atoms with Gasteiger partial charge in [0.15, 0.2) is 0 Å². The monoisotopic (exact) mass is 426 g/mol. The molecule has 1 aromatic rings. The van der Waals surface area contributed by atoms with Crippen molar-refractivity contribution in [1.82, 2.24) is 9.97 Å². The molecule has 1 fully saturated rings. The first-order chi connectivity index (χ1) is 12.0. The lowest BCUT2D eigenvalue weighted by Crippen LogP contribution is -3.14. The van der Waals surface area contributed by atoms with Gasteiger partial charge < -0.3 is 22.2 Å². The zero-order valence-corrected chi connectivity index (χ0v) is 17.6. The molecule has 154 valence electrons. The van der Waals surface area contributed by atoms with Crippen molar-refractivity contribution in [3.8, 4) is 0 Å². The Morgan fingerprint density at radius 1 is 1.22 bits per heavy atom. The van der Waals surface area contributed by atoms with E-state index in [1.54, 1.807) is 0 Å². The molecule has 2 heterocycles. The van der Waals surface area contributed by atoms with Crippen LogP contribution in [0, 0.1) is 0 Å². The summed E-state index contributed by atoms with van der Waals surface area (Å²) in [5.74, 6) is 1.11. The van der Waals surface area contributed by atoms with E-state index in [9.17, 15) is 13.2 Å². The number of alkyl halides is 4. The number of rotatable bonds is 4. The number of piperazine rings is 1. The van der Waals surface area contributed by atoms with Gasteiger partial charge in [0.2, 0.25) is 0 Å². The molecule has 0 aliphatic carbocycles. The highest BCUT2D eigenvalue weighted by Crippen LogP contribution is 2.32. The van der Waals surface area contributed by atoms with Crippen molar-refractivity contribution < 1.29 is 30.5 Å². The van der Waals surface area contributed by atoms with Gasteiger partial charge in [-0.25, -0.2) is 9.97 Å². The molecule has 1 N–H and O–H groups in total. The number of hydrogen-bond acceptors (Lipinski definition) is 3. The van der Waals surface area contributed by atoms with E-state index in [-0.39, 0.29) is 18.2 Å². The van der Waals surface area contributed by atoms with Crippen LogP contribution in [0.3, 0.4) is 0 Å². The van der Waals surface area contributed by atoms with Crippen LogP contribution in [0.4, 0.5) is 19.0 Å². The first kappa shape index (κ1) is 24.0. The maximum atomic E-state index is 13.2. The van der Waals surface area contributed by atoms with Crippen LogP contribution < -0.4 is 22.2 Å². The van der Waals surface area contributed by atoms with E-state index in [1.165, 1.54) is 4.90 Å². The third-order valence-electron chi connectivity index (χ3n) is 4.42. The number of hydrogen-bond donors (Lipinski definition) is 1. The molecule has 1 aliphatic rings. The molecule has 0 spiro atoms. The van der Waals surface area contributed by atoms with Gasteiger partial charge in [0.05, 0.1) is 32.7 Å². The maximum Gasteiger partial charge on any atom is 0.433 e. The molecular weight excluding hydrogens is 400 g/mol. The smallest absolute Gasteiger partial charge is 0.433 e. The van der Waals surface area contributed by atoms with Gasteiger partial charge >= 0.3 is 6.18 Å². The van der Waals surface area contributed by atoms with Crippen LogP contribution in [0.1, 0.15) is 39.2 Å². The van der Waals surface area contributed by atoms with E-state index in [2.05, 4.69) is 16.0 Å². The highest BCUT2D eigenvalue weighted by Gasteiger charge is 2.36. The van der Waals surface area contributed by atoms with Crippen molar-refractivity contribution in [2.75, 3.05) is 43.5 Å². The summed E-state index contributed by atoms with van der Waals surface area (Å²) in [7, 11) is 0. The van der Waals surface area contributed by atoms with Gasteiger partial charge in [0.25, 0.3) is 0 Å². The number of allylic oxidation sites excluding steroid dienone is 1. The van der Waals surface area contributed by atoms with E-state index in [0.717, 1.165) is 31.3 Å². The highest BCUT2D eigenvalue weighted by molar-refractivity contribution is 6.19. The third kappa shape index (κ3) is 6.80. The van der Waals surface area contributed by atoms with Gasteiger partial charge in [0.1, 0.15) is 17.3 Å². The average molecular weight is 427 g/mol. The molecule has 4 nitrogen and oxygen atoms in total. The Labute approximate surface area is 170 Å². The fourth-order valence-electron chi connectivity index (χ4n) is 2.71. The summed E-state index contributed by atoms with van der Waals surface area (Å²) in [5.41, 5.74) is -0.280. The van der Waals surface area contributed by atoms with Crippen LogP contribution in [0.25, 0.3) is 0 Å². The molecule has 2 rings (SSSR count). The van der Waals surface area contributed by atoms with Crippen molar-refractivity contribution in [1.29, 1.82) is 0 Å². The summed E-state index contributed by atoms with van der Waals surface area (Å²) in [4.78, 5) is 11.5. The average Bonchev–Trinajstić information content (AvgIpc) is 2.58. The lowest BCUT2D eigenvalue weighted by molar-refractivity contribution is -0.894. The maximum absolute atomic E-state index is 13.2.